The number of ether oxygens (including phenoxy) is 3. The Bertz CT molecular complexity index is 295. The van der Waals surface area contributed by atoms with Crippen molar-refractivity contribution in [1.29, 1.82) is 0 Å². The molecular weight excluding hydrogens is 208 g/mol. The lowest BCUT2D eigenvalue weighted by molar-refractivity contribution is -0.158. The highest BCUT2D eigenvalue weighted by atomic mass is 16.6. The summed E-state index contributed by atoms with van der Waals surface area (Å²) < 4.78 is 15.6. The maximum Gasteiger partial charge on any atom is 0.347 e. The van der Waals surface area contributed by atoms with Crippen molar-refractivity contribution in [2.24, 2.45) is 0 Å². The van der Waals surface area contributed by atoms with Gasteiger partial charge in [-0.1, -0.05) is 0 Å². The molecule has 0 aromatic carbocycles. The zero-order valence-corrected chi connectivity index (χ0v) is 9.13. The maximum atomic E-state index is 11.6. The number of allylic oxidation sites excluding steroid dienone is 2. The first-order valence-electron chi connectivity index (χ1n) is 5.64. The molecule has 2 atom stereocenters. The van der Waals surface area contributed by atoms with Gasteiger partial charge in [0.05, 0.1) is 12.5 Å². The molecule has 0 N–H and O–H groups in total. The van der Waals surface area contributed by atoms with Crippen LogP contribution in [-0.4, -0.2) is 24.8 Å². The normalized spacial score (nSPS) is 28.0. The molecule has 0 aliphatic carbocycles. The van der Waals surface area contributed by atoms with Gasteiger partial charge < -0.3 is 14.2 Å². The molecule has 0 unspecified atom stereocenters. The summed E-state index contributed by atoms with van der Waals surface area (Å²) in [4.78, 5) is 11.6. The molecular formula is C12H16O4. The summed E-state index contributed by atoms with van der Waals surface area (Å²) in [7, 11) is 0. The van der Waals surface area contributed by atoms with E-state index in [-0.39, 0.29) is 12.1 Å². The third kappa shape index (κ3) is 3.02. The van der Waals surface area contributed by atoms with E-state index in [2.05, 4.69) is 0 Å². The van der Waals surface area contributed by atoms with E-state index in [9.17, 15) is 4.79 Å². The molecule has 2 heterocycles. The second kappa shape index (κ2) is 5.58. The van der Waals surface area contributed by atoms with E-state index in [1.807, 2.05) is 12.2 Å². The van der Waals surface area contributed by atoms with Gasteiger partial charge in [-0.05, 0) is 37.8 Å². The molecule has 2 aliphatic rings. The average Bonchev–Trinajstić information content (AvgIpc) is 2.38. The van der Waals surface area contributed by atoms with Crippen molar-refractivity contribution in [3.05, 3.63) is 24.7 Å². The Morgan fingerprint density at radius 1 is 1.19 bits per heavy atom. The Morgan fingerprint density at radius 3 is 2.56 bits per heavy atom. The first-order valence-corrected chi connectivity index (χ1v) is 5.64. The van der Waals surface area contributed by atoms with Crippen molar-refractivity contribution in [2.75, 3.05) is 6.61 Å². The molecule has 0 radical (unpaired) electrons. The lowest BCUT2D eigenvalue weighted by atomic mass is 10.1. The summed E-state index contributed by atoms with van der Waals surface area (Å²) >= 11 is 0. The van der Waals surface area contributed by atoms with Gasteiger partial charge in [0.1, 0.15) is 12.7 Å². The topological polar surface area (TPSA) is 44.8 Å². The van der Waals surface area contributed by atoms with Crippen LogP contribution >= 0.6 is 0 Å². The Hall–Kier alpha value is -1.45. The van der Waals surface area contributed by atoms with Crippen molar-refractivity contribution in [3.63, 3.8) is 0 Å². The number of hydrogen-bond donors (Lipinski definition) is 0. The van der Waals surface area contributed by atoms with E-state index in [4.69, 9.17) is 14.2 Å². The fourth-order valence-corrected chi connectivity index (χ4v) is 1.68. The number of rotatable bonds is 3. The fourth-order valence-electron chi connectivity index (χ4n) is 1.68. The first kappa shape index (κ1) is 11.0. The standard InChI is InChI=1S/C12H16O4/c13-12(11-6-2-4-8-15-11)16-9-10-5-1-3-7-14-10/h3-4,7-8,10-11H,1-2,5-6,9H2/t10-,11+/m1/s1. The number of esters is 1. The van der Waals surface area contributed by atoms with Crippen molar-refractivity contribution in [2.45, 2.75) is 37.9 Å². The van der Waals surface area contributed by atoms with Gasteiger partial charge in [0.25, 0.3) is 0 Å². The third-order valence-electron chi connectivity index (χ3n) is 2.63. The van der Waals surface area contributed by atoms with Gasteiger partial charge in [-0.3, -0.25) is 0 Å². The largest absolute Gasteiger partial charge is 0.495 e. The number of carbonyl (C=O) groups is 1. The summed E-state index contributed by atoms with van der Waals surface area (Å²) in [5.74, 6) is -0.289. The quantitative estimate of drug-likeness (QED) is 0.687. The smallest absolute Gasteiger partial charge is 0.347 e. The van der Waals surface area contributed by atoms with Crippen LogP contribution in [0.5, 0.6) is 0 Å². The number of hydrogen-bond acceptors (Lipinski definition) is 4. The lowest BCUT2D eigenvalue weighted by Crippen LogP contribution is -2.30. The third-order valence-corrected chi connectivity index (χ3v) is 2.63. The highest BCUT2D eigenvalue weighted by Gasteiger charge is 2.23. The van der Waals surface area contributed by atoms with Crippen molar-refractivity contribution in [1.82, 2.24) is 0 Å². The number of carbonyl (C=O) groups excluding carboxylic acids is 1. The Morgan fingerprint density at radius 2 is 1.94 bits per heavy atom. The molecule has 0 spiro atoms. The van der Waals surface area contributed by atoms with Gasteiger partial charge >= 0.3 is 5.97 Å². The maximum absolute atomic E-state index is 11.6. The Labute approximate surface area is 94.9 Å². The van der Waals surface area contributed by atoms with Gasteiger partial charge in [0, 0.05) is 0 Å². The predicted molar refractivity (Wildman–Crippen MR) is 57.5 cm³/mol. The second-order valence-corrected chi connectivity index (χ2v) is 3.91. The van der Waals surface area contributed by atoms with E-state index in [0.717, 1.165) is 19.3 Å². The summed E-state index contributed by atoms with van der Waals surface area (Å²) in [6.07, 6.45) is 10.1. The lowest BCUT2D eigenvalue weighted by Gasteiger charge is -2.22. The zero-order valence-electron chi connectivity index (χ0n) is 9.13. The molecule has 0 saturated carbocycles. The molecule has 0 fully saturated rings. The van der Waals surface area contributed by atoms with E-state index in [0.29, 0.717) is 13.0 Å². The minimum absolute atomic E-state index is 0.00640. The van der Waals surface area contributed by atoms with Crippen LogP contribution in [-0.2, 0) is 19.0 Å². The SMILES string of the molecule is O=C(OC[C@H]1CCC=CO1)[C@@H]1CCC=CO1. The predicted octanol–water partition coefficient (Wildman–Crippen LogP) is 1.92. The molecule has 0 aromatic heterocycles. The molecule has 0 aromatic rings. The van der Waals surface area contributed by atoms with Crippen molar-refractivity contribution < 1.29 is 19.0 Å². The molecule has 0 amide bonds. The summed E-state index contributed by atoms with van der Waals surface area (Å²) in [6.45, 7) is 0.312. The molecule has 0 bridgehead atoms. The van der Waals surface area contributed by atoms with Gasteiger partial charge in [0.15, 0.2) is 6.10 Å². The molecule has 4 nitrogen and oxygen atoms in total. The van der Waals surface area contributed by atoms with E-state index in [1.165, 1.54) is 0 Å². The van der Waals surface area contributed by atoms with E-state index < -0.39 is 6.10 Å². The van der Waals surface area contributed by atoms with Crippen LogP contribution in [0.4, 0.5) is 0 Å². The van der Waals surface area contributed by atoms with Crippen LogP contribution in [0.2, 0.25) is 0 Å². The second-order valence-electron chi connectivity index (χ2n) is 3.91. The summed E-state index contributed by atoms with van der Waals surface area (Å²) in [5, 5.41) is 0. The van der Waals surface area contributed by atoms with Gasteiger partial charge in [-0.25, -0.2) is 4.79 Å². The zero-order chi connectivity index (χ0) is 11.2. The minimum Gasteiger partial charge on any atom is -0.495 e. The van der Waals surface area contributed by atoms with Crippen molar-refractivity contribution in [3.8, 4) is 0 Å². The van der Waals surface area contributed by atoms with Crippen LogP contribution in [0.3, 0.4) is 0 Å². The fraction of sp³-hybridized carbons (Fsp3) is 0.583. The summed E-state index contributed by atoms with van der Waals surface area (Å²) in [6, 6.07) is 0. The monoisotopic (exact) mass is 224 g/mol. The molecule has 2 rings (SSSR count). The van der Waals surface area contributed by atoms with E-state index in [1.54, 1.807) is 12.5 Å². The van der Waals surface area contributed by atoms with Gasteiger partial charge in [-0.2, -0.15) is 0 Å². The average molecular weight is 224 g/mol. The molecule has 16 heavy (non-hydrogen) atoms. The Balaban J connectivity index is 1.70. The molecule has 2 aliphatic heterocycles. The minimum atomic E-state index is -0.441. The molecule has 88 valence electrons. The van der Waals surface area contributed by atoms with Crippen molar-refractivity contribution >= 4 is 5.97 Å². The van der Waals surface area contributed by atoms with Gasteiger partial charge in [0.2, 0.25) is 0 Å². The van der Waals surface area contributed by atoms with Crippen LogP contribution in [0.25, 0.3) is 0 Å². The highest BCUT2D eigenvalue weighted by Crippen LogP contribution is 2.14. The summed E-state index contributed by atoms with van der Waals surface area (Å²) in [5.41, 5.74) is 0. The van der Waals surface area contributed by atoms with E-state index >= 15 is 0 Å². The first-order chi connectivity index (χ1) is 7.86. The van der Waals surface area contributed by atoms with Gasteiger partial charge in [-0.15, -0.1) is 0 Å². The van der Waals surface area contributed by atoms with Crippen LogP contribution < -0.4 is 0 Å². The van der Waals surface area contributed by atoms with Crippen LogP contribution in [0.15, 0.2) is 24.7 Å². The molecule has 4 heteroatoms. The Kier molecular flexibility index (Phi) is 3.86. The van der Waals surface area contributed by atoms with Crippen LogP contribution in [0, 0.1) is 0 Å². The van der Waals surface area contributed by atoms with Crippen LogP contribution in [0.1, 0.15) is 25.7 Å². The molecule has 0 saturated heterocycles. The highest BCUT2D eigenvalue weighted by molar-refractivity contribution is 5.74.